The summed E-state index contributed by atoms with van der Waals surface area (Å²) in [5, 5.41) is 0. The number of methoxy groups -OCH3 is 1. The Bertz CT molecular complexity index is 345. The van der Waals surface area contributed by atoms with Crippen LogP contribution < -0.4 is 0 Å². The number of fused-ring (bicyclic) bond motifs is 2. The van der Waals surface area contributed by atoms with Crippen LogP contribution in [0.4, 0.5) is 0 Å². The molecule has 1 heteroatoms. The van der Waals surface area contributed by atoms with Crippen molar-refractivity contribution in [2.75, 3.05) is 7.11 Å². The van der Waals surface area contributed by atoms with Crippen LogP contribution in [0.25, 0.3) is 0 Å². The van der Waals surface area contributed by atoms with Crippen LogP contribution in [0.3, 0.4) is 0 Å². The summed E-state index contributed by atoms with van der Waals surface area (Å²) in [7, 11) is 1.86. The van der Waals surface area contributed by atoms with Crippen LogP contribution >= 0.6 is 0 Å². The van der Waals surface area contributed by atoms with E-state index < -0.39 is 0 Å². The van der Waals surface area contributed by atoms with E-state index in [9.17, 15) is 0 Å². The summed E-state index contributed by atoms with van der Waals surface area (Å²) >= 11 is 0. The molecule has 1 fully saturated rings. The zero-order valence-corrected chi connectivity index (χ0v) is 8.57. The lowest BCUT2D eigenvalue weighted by atomic mass is 9.65. The lowest BCUT2D eigenvalue weighted by molar-refractivity contribution is 0.0358. The van der Waals surface area contributed by atoms with Gasteiger partial charge in [-0.2, -0.15) is 0 Å². The van der Waals surface area contributed by atoms with Gasteiger partial charge >= 0.3 is 0 Å². The average molecular weight is 188 g/mol. The molecule has 3 atom stereocenters. The molecule has 0 radical (unpaired) electrons. The van der Waals surface area contributed by atoms with Crippen LogP contribution in [0, 0.1) is 0 Å². The maximum atomic E-state index is 5.58. The van der Waals surface area contributed by atoms with E-state index in [-0.39, 0.29) is 0 Å². The highest BCUT2D eigenvalue weighted by Crippen LogP contribution is 2.49. The van der Waals surface area contributed by atoms with Crippen LogP contribution in [0.5, 0.6) is 0 Å². The molecule has 0 amide bonds. The summed E-state index contributed by atoms with van der Waals surface area (Å²) in [5.74, 6) is 1.43. The first-order chi connectivity index (χ1) is 6.90. The second kappa shape index (κ2) is 3.09. The molecule has 0 saturated heterocycles. The molecule has 74 valence electrons. The molecule has 0 N–H and O–H groups in total. The van der Waals surface area contributed by atoms with Crippen molar-refractivity contribution >= 4 is 0 Å². The van der Waals surface area contributed by atoms with Gasteiger partial charge in [0.1, 0.15) is 0 Å². The molecular formula is C13H16O. The molecule has 4 rings (SSSR count). The van der Waals surface area contributed by atoms with Crippen LogP contribution in [0.1, 0.15) is 42.2 Å². The lowest BCUT2D eigenvalue weighted by Gasteiger charge is -2.43. The van der Waals surface area contributed by atoms with Crippen LogP contribution in [0.2, 0.25) is 0 Å². The van der Waals surface area contributed by atoms with E-state index in [4.69, 9.17) is 4.74 Å². The van der Waals surface area contributed by atoms with Crippen molar-refractivity contribution in [3.05, 3.63) is 35.4 Å². The summed E-state index contributed by atoms with van der Waals surface area (Å²) in [5.41, 5.74) is 3.15. The van der Waals surface area contributed by atoms with Crippen molar-refractivity contribution in [2.24, 2.45) is 0 Å². The van der Waals surface area contributed by atoms with E-state index in [1.54, 1.807) is 11.1 Å². The van der Waals surface area contributed by atoms with Gasteiger partial charge in [-0.15, -0.1) is 0 Å². The Kier molecular flexibility index (Phi) is 1.88. The third-order valence-corrected chi connectivity index (χ3v) is 3.93. The largest absolute Gasteiger partial charge is 0.381 e. The van der Waals surface area contributed by atoms with Crippen LogP contribution in [-0.2, 0) is 4.74 Å². The monoisotopic (exact) mass is 188 g/mol. The summed E-state index contributed by atoms with van der Waals surface area (Å²) in [4.78, 5) is 0. The van der Waals surface area contributed by atoms with Crippen molar-refractivity contribution in [3.8, 4) is 0 Å². The van der Waals surface area contributed by atoms with E-state index in [0.717, 1.165) is 5.92 Å². The van der Waals surface area contributed by atoms with Gasteiger partial charge in [0.2, 0.25) is 0 Å². The topological polar surface area (TPSA) is 9.23 Å². The number of hydrogen-bond donors (Lipinski definition) is 0. The molecule has 3 aliphatic carbocycles. The smallest absolute Gasteiger partial charge is 0.0645 e. The third-order valence-electron chi connectivity index (χ3n) is 3.93. The maximum absolute atomic E-state index is 5.58. The van der Waals surface area contributed by atoms with E-state index in [0.29, 0.717) is 12.0 Å². The van der Waals surface area contributed by atoms with E-state index >= 15 is 0 Å². The molecule has 1 aromatic carbocycles. The number of rotatable bonds is 1. The first-order valence-electron chi connectivity index (χ1n) is 5.51. The van der Waals surface area contributed by atoms with Crippen molar-refractivity contribution in [2.45, 2.75) is 37.2 Å². The molecule has 0 aromatic heterocycles. The highest BCUT2D eigenvalue weighted by molar-refractivity contribution is 5.39. The highest BCUT2D eigenvalue weighted by Gasteiger charge is 2.39. The molecule has 0 unspecified atom stereocenters. The predicted octanol–water partition coefficient (Wildman–Crippen LogP) is 3.07. The fourth-order valence-corrected chi connectivity index (χ4v) is 3.25. The Morgan fingerprint density at radius 3 is 2.71 bits per heavy atom. The minimum absolute atomic E-state index is 0.476. The first kappa shape index (κ1) is 8.49. The zero-order valence-electron chi connectivity index (χ0n) is 8.57. The quantitative estimate of drug-likeness (QED) is 0.658. The zero-order chi connectivity index (χ0) is 9.54. The maximum Gasteiger partial charge on any atom is 0.0645 e. The first-order valence-corrected chi connectivity index (χ1v) is 5.51. The van der Waals surface area contributed by atoms with Gasteiger partial charge in [0.25, 0.3) is 0 Å². The van der Waals surface area contributed by atoms with Crippen molar-refractivity contribution in [1.29, 1.82) is 0 Å². The van der Waals surface area contributed by atoms with Crippen molar-refractivity contribution in [3.63, 3.8) is 0 Å². The van der Waals surface area contributed by atoms with Gasteiger partial charge in [0.15, 0.2) is 0 Å². The molecule has 1 saturated carbocycles. The lowest BCUT2D eigenvalue weighted by Crippen LogP contribution is -2.34. The average Bonchev–Trinajstić information content (AvgIpc) is 2.30. The number of benzene rings is 1. The molecule has 0 heterocycles. The second-order valence-electron chi connectivity index (χ2n) is 4.52. The highest BCUT2D eigenvalue weighted by atomic mass is 16.5. The van der Waals surface area contributed by atoms with Crippen LogP contribution in [0.15, 0.2) is 24.3 Å². The Morgan fingerprint density at radius 1 is 1.14 bits per heavy atom. The normalized spacial score (nSPS) is 34.2. The summed E-state index contributed by atoms with van der Waals surface area (Å²) < 4.78 is 5.58. The van der Waals surface area contributed by atoms with Gasteiger partial charge < -0.3 is 4.74 Å². The number of hydrogen-bond acceptors (Lipinski definition) is 1. The van der Waals surface area contributed by atoms with Gasteiger partial charge in [-0.3, -0.25) is 0 Å². The minimum Gasteiger partial charge on any atom is -0.381 e. The second-order valence-corrected chi connectivity index (χ2v) is 4.52. The molecule has 3 aliphatic rings. The van der Waals surface area contributed by atoms with Gasteiger partial charge in [0.05, 0.1) is 6.10 Å². The number of ether oxygens (including phenoxy) is 1. The van der Waals surface area contributed by atoms with E-state index in [1.165, 1.54) is 19.3 Å². The molecule has 0 aliphatic heterocycles. The van der Waals surface area contributed by atoms with Crippen molar-refractivity contribution in [1.82, 2.24) is 0 Å². The van der Waals surface area contributed by atoms with E-state index in [1.807, 2.05) is 7.11 Å². The van der Waals surface area contributed by atoms with Gasteiger partial charge in [-0.05, 0) is 36.3 Å². The Hall–Kier alpha value is -0.820. The third kappa shape index (κ3) is 1.05. The standard InChI is InChI=1S/C13H16O/c1-14-13-8-9-6-7-12(13)11-5-3-2-4-10(9)11/h2-5,9,12-13H,6-8H2,1H3/t9-,12-,13-/m0/s1. The Morgan fingerprint density at radius 2 is 1.93 bits per heavy atom. The molecular weight excluding hydrogens is 172 g/mol. The van der Waals surface area contributed by atoms with Gasteiger partial charge in [-0.25, -0.2) is 0 Å². The molecule has 0 spiro atoms. The predicted molar refractivity (Wildman–Crippen MR) is 56.6 cm³/mol. The Balaban J connectivity index is 2.08. The molecule has 1 aromatic rings. The minimum atomic E-state index is 0.476. The fourth-order valence-electron chi connectivity index (χ4n) is 3.25. The van der Waals surface area contributed by atoms with Gasteiger partial charge in [0, 0.05) is 13.0 Å². The summed E-state index contributed by atoms with van der Waals surface area (Å²) in [6.07, 6.45) is 4.39. The summed E-state index contributed by atoms with van der Waals surface area (Å²) in [6, 6.07) is 8.92. The SMILES string of the molecule is CO[C@H]1C[C@@H]2CC[C@H]1c1ccccc12. The van der Waals surface area contributed by atoms with Crippen LogP contribution in [-0.4, -0.2) is 13.2 Å². The molecule has 1 nitrogen and oxygen atoms in total. The Labute approximate surface area is 85.1 Å². The summed E-state index contributed by atoms with van der Waals surface area (Å²) in [6.45, 7) is 0. The van der Waals surface area contributed by atoms with Gasteiger partial charge in [-0.1, -0.05) is 24.3 Å². The van der Waals surface area contributed by atoms with E-state index in [2.05, 4.69) is 24.3 Å². The van der Waals surface area contributed by atoms with Crippen molar-refractivity contribution < 1.29 is 4.74 Å². The molecule has 2 bridgehead atoms. The molecule has 14 heavy (non-hydrogen) atoms. The fraction of sp³-hybridized carbons (Fsp3) is 0.538.